The van der Waals surface area contributed by atoms with Crippen molar-refractivity contribution >= 4 is 39.4 Å². The highest BCUT2D eigenvalue weighted by Crippen LogP contribution is 2.20. The average molecular weight is 323 g/mol. The van der Waals surface area contributed by atoms with Gasteiger partial charge in [0.2, 0.25) is 0 Å². The van der Waals surface area contributed by atoms with E-state index in [4.69, 9.17) is 0 Å². The predicted molar refractivity (Wildman–Crippen MR) is 78.3 cm³/mol. The van der Waals surface area contributed by atoms with E-state index in [1.807, 2.05) is 37.3 Å². The third-order valence-corrected chi connectivity index (χ3v) is 3.90. The molecule has 1 aromatic carbocycles. The van der Waals surface area contributed by atoms with Gasteiger partial charge in [-0.2, -0.15) is 5.10 Å². The van der Waals surface area contributed by atoms with E-state index in [0.717, 1.165) is 14.2 Å². The molecule has 0 saturated heterocycles. The molecule has 2 rings (SSSR count). The lowest BCUT2D eigenvalue weighted by atomic mass is 10.1. The largest absolute Gasteiger partial charge is 0.271 e. The lowest BCUT2D eigenvalue weighted by Crippen LogP contribution is -2.18. The number of hydrogen-bond acceptors (Lipinski definition) is 3. The summed E-state index contributed by atoms with van der Waals surface area (Å²) in [7, 11) is 0. The molecule has 0 spiro atoms. The molecule has 0 atom stereocenters. The summed E-state index contributed by atoms with van der Waals surface area (Å²) in [5.41, 5.74) is 4.09. The number of halogens is 1. The highest BCUT2D eigenvalue weighted by Gasteiger charge is 2.06. The summed E-state index contributed by atoms with van der Waals surface area (Å²) in [6.45, 7) is 1.90. The van der Waals surface area contributed by atoms with Gasteiger partial charge in [0.1, 0.15) is 0 Å². The van der Waals surface area contributed by atoms with Crippen LogP contribution in [-0.2, 0) is 0 Å². The fraction of sp³-hybridized carbons (Fsp3) is 0.0769. The third kappa shape index (κ3) is 3.27. The van der Waals surface area contributed by atoms with Gasteiger partial charge >= 0.3 is 0 Å². The van der Waals surface area contributed by atoms with Crippen LogP contribution in [-0.4, -0.2) is 12.1 Å². The van der Waals surface area contributed by atoms with Crippen molar-refractivity contribution in [3.8, 4) is 0 Å². The highest BCUT2D eigenvalue weighted by molar-refractivity contribution is 9.11. The van der Waals surface area contributed by atoms with E-state index in [2.05, 4.69) is 26.5 Å². The normalized spacial score (nSPS) is 10.8. The first kappa shape index (κ1) is 13.0. The maximum atomic E-state index is 11.8. The monoisotopic (exact) mass is 322 g/mol. The minimum atomic E-state index is -0.194. The summed E-state index contributed by atoms with van der Waals surface area (Å²) in [4.78, 5) is 12.8. The van der Waals surface area contributed by atoms with Crippen molar-refractivity contribution in [1.29, 1.82) is 0 Å². The summed E-state index contributed by atoms with van der Waals surface area (Å²) < 4.78 is 1.04. The lowest BCUT2D eigenvalue weighted by molar-refractivity contribution is 0.0954. The molecule has 1 aromatic heterocycles. The lowest BCUT2D eigenvalue weighted by Gasteiger charge is -2.02. The molecule has 5 heteroatoms. The molecule has 1 amide bonds. The Morgan fingerprint density at radius 1 is 1.33 bits per heavy atom. The zero-order valence-electron chi connectivity index (χ0n) is 9.68. The van der Waals surface area contributed by atoms with Crippen LogP contribution in [0.15, 0.2) is 45.3 Å². The van der Waals surface area contributed by atoms with Crippen LogP contribution < -0.4 is 5.43 Å². The maximum Gasteiger partial charge on any atom is 0.271 e. The molecular weight excluding hydrogens is 312 g/mol. The maximum absolute atomic E-state index is 11.8. The van der Waals surface area contributed by atoms with E-state index in [1.165, 1.54) is 0 Å². The van der Waals surface area contributed by atoms with Gasteiger partial charge in [0.05, 0.1) is 10.0 Å². The zero-order chi connectivity index (χ0) is 13.0. The van der Waals surface area contributed by atoms with Crippen molar-refractivity contribution in [2.45, 2.75) is 6.92 Å². The third-order valence-electron chi connectivity index (χ3n) is 2.34. The van der Waals surface area contributed by atoms with Crippen LogP contribution in [0.1, 0.15) is 20.8 Å². The Balaban J connectivity index is 2.01. The molecule has 2 aromatic rings. The number of carbonyl (C=O) groups is 1. The molecule has 0 unspecified atom stereocenters. The van der Waals surface area contributed by atoms with E-state index >= 15 is 0 Å². The highest BCUT2D eigenvalue weighted by atomic mass is 79.9. The van der Waals surface area contributed by atoms with Gasteiger partial charge in [0.25, 0.3) is 5.91 Å². The fourth-order valence-electron chi connectivity index (χ4n) is 1.44. The first-order valence-electron chi connectivity index (χ1n) is 5.31. The molecule has 1 heterocycles. The molecular formula is C13H11BrN2OS. The summed E-state index contributed by atoms with van der Waals surface area (Å²) in [6.07, 6.45) is 1.63. The second-order valence-electron chi connectivity index (χ2n) is 3.66. The second kappa shape index (κ2) is 5.93. The van der Waals surface area contributed by atoms with Crippen molar-refractivity contribution in [2.75, 3.05) is 0 Å². The van der Waals surface area contributed by atoms with Gasteiger partial charge in [0, 0.05) is 10.4 Å². The van der Waals surface area contributed by atoms with Gasteiger partial charge in [-0.05, 0) is 46.6 Å². The van der Waals surface area contributed by atoms with Crippen LogP contribution in [0.25, 0.3) is 0 Å². The molecule has 92 valence electrons. The minimum absolute atomic E-state index is 0.194. The molecule has 0 saturated carbocycles. The topological polar surface area (TPSA) is 41.5 Å². The van der Waals surface area contributed by atoms with Gasteiger partial charge in [-0.1, -0.05) is 18.2 Å². The number of thiophene rings is 1. The van der Waals surface area contributed by atoms with Crippen molar-refractivity contribution in [3.63, 3.8) is 0 Å². The molecule has 0 radical (unpaired) electrons. The van der Waals surface area contributed by atoms with Crippen LogP contribution in [0.5, 0.6) is 0 Å². The molecule has 0 aliphatic rings. The van der Waals surface area contributed by atoms with E-state index in [1.54, 1.807) is 23.6 Å². The van der Waals surface area contributed by atoms with E-state index < -0.39 is 0 Å². The second-order valence-corrected chi connectivity index (χ2v) is 6.15. The summed E-state index contributed by atoms with van der Waals surface area (Å²) >= 11 is 4.92. The average Bonchev–Trinajstić information content (AvgIpc) is 2.75. The Hall–Kier alpha value is -1.46. The van der Waals surface area contributed by atoms with Gasteiger partial charge in [-0.3, -0.25) is 4.79 Å². The van der Waals surface area contributed by atoms with Gasteiger partial charge in [0.15, 0.2) is 0 Å². The number of benzene rings is 1. The number of nitrogens with one attached hydrogen (secondary N) is 1. The Kier molecular flexibility index (Phi) is 4.28. The van der Waals surface area contributed by atoms with Crippen molar-refractivity contribution in [2.24, 2.45) is 5.10 Å². The molecule has 0 fully saturated rings. The predicted octanol–water partition coefficient (Wildman–Crippen LogP) is 3.58. The van der Waals surface area contributed by atoms with Crippen molar-refractivity contribution in [1.82, 2.24) is 5.43 Å². The van der Waals surface area contributed by atoms with Crippen LogP contribution in [0, 0.1) is 6.92 Å². The first-order chi connectivity index (χ1) is 8.66. The summed E-state index contributed by atoms with van der Waals surface area (Å²) in [5, 5.41) is 3.94. The van der Waals surface area contributed by atoms with Gasteiger partial charge in [-0.25, -0.2) is 5.43 Å². The van der Waals surface area contributed by atoms with E-state index in [9.17, 15) is 4.79 Å². The molecule has 18 heavy (non-hydrogen) atoms. The first-order valence-corrected chi connectivity index (χ1v) is 6.92. The van der Waals surface area contributed by atoms with E-state index in [-0.39, 0.29) is 5.91 Å². The number of amides is 1. The number of rotatable bonds is 3. The van der Waals surface area contributed by atoms with Crippen LogP contribution in [0.3, 0.4) is 0 Å². The number of hydrazone groups is 1. The fourth-order valence-corrected chi connectivity index (χ4v) is 2.74. The van der Waals surface area contributed by atoms with Crippen LogP contribution in [0.2, 0.25) is 0 Å². The van der Waals surface area contributed by atoms with Crippen LogP contribution >= 0.6 is 27.3 Å². The minimum Gasteiger partial charge on any atom is -0.267 e. The van der Waals surface area contributed by atoms with Crippen molar-refractivity contribution in [3.05, 3.63) is 56.2 Å². The number of nitrogens with zero attached hydrogens (tertiary/aromatic N) is 1. The Labute approximate surface area is 118 Å². The smallest absolute Gasteiger partial charge is 0.267 e. The summed E-state index contributed by atoms with van der Waals surface area (Å²) in [6, 6.07) is 11.3. The van der Waals surface area contributed by atoms with Crippen LogP contribution in [0.4, 0.5) is 0 Å². The number of carbonyl (C=O) groups excluding carboxylic acids is 1. The molecule has 0 bridgehead atoms. The molecule has 0 aliphatic carbocycles. The quantitative estimate of drug-likeness (QED) is 0.681. The molecule has 3 nitrogen and oxygen atoms in total. The van der Waals surface area contributed by atoms with Gasteiger partial charge in [-0.15, -0.1) is 11.3 Å². The molecule has 0 aliphatic heterocycles. The Morgan fingerprint density at radius 3 is 2.78 bits per heavy atom. The molecule has 1 N–H and O–H groups in total. The van der Waals surface area contributed by atoms with Crippen molar-refractivity contribution < 1.29 is 4.79 Å². The number of hydrogen-bond donors (Lipinski definition) is 1. The zero-order valence-corrected chi connectivity index (χ0v) is 12.1. The van der Waals surface area contributed by atoms with E-state index in [0.29, 0.717) is 5.56 Å². The van der Waals surface area contributed by atoms with Gasteiger partial charge < -0.3 is 0 Å². The SMILES string of the molecule is Cc1ccccc1C(=O)N/N=C\c1ccc(Br)s1. The standard InChI is InChI=1S/C13H11BrN2OS/c1-9-4-2-3-5-11(9)13(17)16-15-8-10-6-7-12(14)18-10/h2-8H,1H3,(H,16,17)/b15-8-. The summed E-state index contributed by atoms with van der Waals surface area (Å²) in [5.74, 6) is -0.194. The Bertz CT molecular complexity index is 592. The Morgan fingerprint density at radius 2 is 2.11 bits per heavy atom. The number of aryl methyl sites for hydroxylation is 1.